The van der Waals surface area contributed by atoms with Gasteiger partial charge in [0.1, 0.15) is 0 Å². The number of nitrogens with one attached hydrogen (secondary N) is 1. The summed E-state index contributed by atoms with van der Waals surface area (Å²) >= 11 is 1.23. The molecule has 6 heteroatoms. The molecule has 1 fully saturated rings. The summed E-state index contributed by atoms with van der Waals surface area (Å²) < 4.78 is 0. The van der Waals surface area contributed by atoms with Crippen molar-refractivity contribution in [3.05, 3.63) is 70.1 Å². The van der Waals surface area contributed by atoms with Crippen LogP contribution in [0.5, 0.6) is 0 Å². The van der Waals surface area contributed by atoms with Crippen molar-refractivity contribution in [3.8, 4) is 0 Å². The average Bonchev–Trinajstić information content (AvgIpc) is 2.89. The standard InChI is InChI=1S/C18H14N2O3S/c1-11-5-7-12(8-6-11)9-15-16(21)20-18(24-15)19-14-4-2-3-13(10-14)17(22)23/h2-10H,1H3,(H,22,23)(H,19,20,21)/b15-9-. The first-order valence-corrected chi connectivity index (χ1v) is 8.02. The molecule has 2 aromatic carbocycles. The zero-order valence-corrected chi connectivity index (χ0v) is 13.6. The number of aromatic carboxylic acids is 1. The lowest BCUT2D eigenvalue weighted by Crippen LogP contribution is -2.19. The molecule has 1 saturated heterocycles. The predicted octanol–water partition coefficient (Wildman–Crippen LogP) is 3.58. The molecule has 0 bridgehead atoms. The Morgan fingerprint density at radius 3 is 2.67 bits per heavy atom. The van der Waals surface area contributed by atoms with Gasteiger partial charge in [-0.15, -0.1) is 0 Å². The highest BCUT2D eigenvalue weighted by atomic mass is 32.2. The molecule has 0 aliphatic carbocycles. The molecule has 120 valence electrons. The van der Waals surface area contributed by atoms with Crippen molar-refractivity contribution >= 4 is 40.6 Å². The summed E-state index contributed by atoms with van der Waals surface area (Å²) in [7, 11) is 0. The molecule has 1 aliphatic heterocycles. The molecule has 0 atom stereocenters. The quantitative estimate of drug-likeness (QED) is 0.838. The molecule has 5 nitrogen and oxygen atoms in total. The Morgan fingerprint density at radius 1 is 1.21 bits per heavy atom. The van der Waals surface area contributed by atoms with Gasteiger partial charge < -0.3 is 10.4 Å². The molecule has 0 aromatic heterocycles. The maximum atomic E-state index is 12.0. The number of benzene rings is 2. The van der Waals surface area contributed by atoms with Crippen LogP contribution in [0, 0.1) is 6.92 Å². The number of nitrogens with zero attached hydrogens (tertiary/aromatic N) is 1. The van der Waals surface area contributed by atoms with Crippen molar-refractivity contribution in [2.45, 2.75) is 6.92 Å². The molecular formula is C18H14N2O3S. The number of carboxylic acids is 1. The molecule has 0 saturated carbocycles. The van der Waals surface area contributed by atoms with Gasteiger partial charge in [-0.2, -0.15) is 0 Å². The van der Waals surface area contributed by atoms with Crippen molar-refractivity contribution in [2.24, 2.45) is 4.99 Å². The zero-order valence-electron chi connectivity index (χ0n) is 12.8. The van der Waals surface area contributed by atoms with E-state index in [2.05, 4.69) is 10.3 Å². The van der Waals surface area contributed by atoms with E-state index in [9.17, 15) is 9.59 Å². The minimum atomic E-state index is -1.01. The summed E-state index contributed by atoms with van der Waals surface area (Å²) in [5.41, 5.74) is 2.73. The molecule has 1 amide bonds. The number of thioether (sulfide) groups is 1. The predicted molar refractivity (Wildman–Crippen MR) is 95.4 cm³/mol. The van der Waals surface area contributed by atoms with Crippen LogP contribution < -0.4 is 5.32 Å². The van der Waals surface area contributed by atoms with Crippen LogP contribution in [0.1, 0.15) is 21.5 Å². The summed E-state index contributed by atoms with van der Waals surface area (Å²) in [5.74, 6) is -1.23. The van der Waals surface area contributed by atoms with E-state index in [1.54, 1.807) is 18.2 Å². The molecule has 0 unspecified atom stereocenters. The van der Waals surface area contributed by atoms with Crippen LogP contribution in [0.4, 0.5) is 5.69 Å². The van der Waals surface area contributed by atoms with Crippen molar-refractivity contribution < 1.29 is 14.7 Å². The molecule has 2 aromatic rings. The van der Waals surface area contributed by atoms with E-state index in [1.807, 2.05) is 31.2 Å². The number of aliphatic imine (C=N–C) groups is 1. The number of rotatable bonds is 3. The monoisotopic (exact) mass is 338 g/mol. The molecule has 2 N–H and O–H groups in total. The van der Waals surface area contributed by atoms with Gasteiger partial charge in [-0.1, -0.05) is 35.9 Å². The summed E-state index contributed by atoms with van der Waals surface area (Å²) in [4.78, 5) is 27.9. The zero-order chi connectivity index (χ0) is 17.1. The van der Waals surface area contributed by atoms with Crippen molar-refractivity contribution in [2.75, 3.05) is 0 Å². The highest BCUT2D eigenvalue weighted by Gasteiger charge is 2.23. The summed E-state index contributed by atoms with van der Waals surface area (Å²) in [5, 5.41) is 12.1. The molecule has 24 heavy (non-hydrogen) atoms. The smallest absolute Gasteiger partial charge is 0.335 e. The van der Waals surface area contributed by atoms with E-state index in [4.69, 9.17) is 5.11 Å². The molecule has 3 rings (SSSR count). The lowest BCUT2D eigenvalue weighted by Gasteiger charge is -1.98. The number of amides is 1. The lowest BCUT2D eigenvalue weighted by atomic mass is 10.1. The minimum Gasteiger partial charge on any atom is -0.478 e. The third-order valence-corrected chi connectivity index (χ3v) is 4.26. The Balaban J connectivity index is 1.82. The van der Waals surface area contributed by atoms with Crippen LogP contribution in [-0.4, -0.2) is 22.2 Å². The van der Waals surface area contributed by atoms with Gasteiger partial charge in [0.15, 0.2) is 5.17 Å². The maximum absolute atomic E-state index is 12.0. The first kappa shape index (κ1) is 16.0. The maximum Gasteiger partial charge on any atom is 0.335 e. The van der Waals surface area contributed by atoms with Crippen LogP contribution in [0.15, 0.2) is 58.4 Å². The summed E-state index contributed by atoms with van der Waals surface area (Å²) in [6.45, 7) is 2.00. The third-order valence-electron chi connectivity index (χ3n) is 3.35. The van der Waals surface area contributed by atoms with Gasteiger partial charge >= 0.3 is 5.97 Å². The Bertz CT molecular complexity index is 870. The van der Waals surface area contributed by atoms with Gasteiger partial charge in [0.25, 0.3) is 5.91 Å². The third kappa shape index (κ3) is 3.72. The highest BCUT2D eigenvalue weighted by Crippen LogP contribution is 2.28. The number of amidine groups is 1. The second-order valence-electron chi connectivity index (χ2n) is 5.25. The van der Waals surface area contributed by atoms with Gasteiger partial charge in [0.2, 0.25) is 0 Å². The van der Waals surface area contributed by atoms with Gasteiger partial charge in [0, 0.05) is 0 Å². The Kier molecular flexibility index (Phi) is 4.48. The van der Waals surface area contributed by atoms with E-state index >= 15 is 0 Å². The van der Waals surface area contributed by atoms with Gasteiger partial charge in [0.05, 0.1) is 16.2 Å². The molecule has 0 radical (unpaired) electrons. The van der Waals surface area contributed by atoms with Crippen molar-refractivity contribution in [3.63, 3.8) is 0 Å². The van der Waals surface area contributed by atoms with E-state index in [0.29, 0.717) is 15.8 Å². The van der Waals surface area contributed by atoms with Crippen LogP contribution in [0.3, 0.4) is 0 Å². The van der Waals surface area contributed by atoms with Crippen LogP contribution >= 0.6 is 11.8 Å². The normalized spacial score (nSPS) is 17.3. The molecular weight excluding hydrogens is 324 g/mol. The SMILES string of the molecule is Cc1ccc(/C=C2\SC(=Nc3cccc(C(=O)O)c3)NC2=O)cc1. The number of hydrogen-bond donors (Lipinski definition) is 2. The lowest BCUT2D eigenvalue weighted by molar-refractivity contribution is -0.115. The average molecular weight is 338 g/mol. The molecule has 1 heterocycles. The fourth-order valence-electron chi connectivity index (χ4n) is 2.12. The number of hydrogen-bond acceptors (Lipinski definition) is 4. The number of carboxylic acid groups (broad SMARTS) is 1. The second kappa shape index (κ2) is 6.72. The fourth-order valence-corrected chi connectivity index (χ4v) is 2.96. The van der Waals surface area contributed by atoms with Crippen molar-refractivity contribution in [1.29, 1.82) is 0 Å². The van der Waals surface area contributed by atoms with Gasteiger partial charge in [-0.05, 0) is 48.5 Å². The Labute approximate surface area is 143 Å². The molecule has 1 aliphatic rings. The van der Waals surface area contributed by atoms with E-state index in [1.165, 1.54) is 23.9 Å². The molecule has 0 spiro atoms. The minimum absolute atomic E-state index is 0.154. The Morgan fingerprint density at radius 2 is 1.96 bits per heavy atom. The van der Waals surface area contributed by atoms with E-state index in [0.717, 1.165) is 11.1 Å². The first-order valence-electron chi connectivity index (χ1n) is 7.21. The summed E-state index contributed by atoms with van der Waals surface area (Å²) in [6.07, 6.45) is 1.80. The highest BCUT2D eigenvalue weighted by molar-refractivity contribution is 8.18. The van der Waals surface area contributed by atoms with Crippen LogP contribution in [0.25, 0.3) is 6.08 Å². The number of aryl methyl sites for hydroxylation is 1. The Hall–Kier alpha value is -2.86. The van der Waals surface area contributed by atoms with Gasteiger partial charge in [-0.3, -0.25) is 4.79 Å². The second-order valence-corrected chi connectivity index (χ2v) is 6.28. The van der Waals surface area contributed by atoms with Crippen LogP contribution in [-0.2, 0) is 4.79 Å². The fraction of sp³-hybridized carbons (Fsp3) is 0.0556. The van der Waals surface area contributed by atoms with Crippen LogP contribution in [0.2, 0.25) is 0 Å². The van der Waals surface area contributed by atoms with Crippen molar-refractivity contribution in [1.82, 2.24) is 5.32 Å². The first-order chi connectivity index (χ1) is 11.5. The number of carbonyl (C=O) groups excluding carboxylic acids is 1. The van der Waals surface area contributed by atoms with E-state index in [-0.39, 0.29) is 11.5 Å². The number of carbonyl (C=O) groups is 2. The topological polar surface area (TPSA) is 78.8 Å². The largest absolute Gasteiger partial charge is 0.478 e. The van der Waals surface area contributed by atoms with Gasteiger partial charge in [-0.25, -0.2) is 9.79 Å². The summed E-state index contributed by atoms with van der Waals surface area (Å²) in [6, 6.07) is 14.1. The van der Waals surface area contributed by atoms with E-state index < -0.39 is 5.97 Å².